The second-order valence-electron chi connectivity index (χ2n) is 9.71. The molecule has 6 rings (SSSR count). The Kier molecular flexibility index (Phi) is 5.88. The van der Waals surface area contributed by atoms with Crippen LogP contribution in [0, 0.1) is 5.92 Å². The van der Waals surface area contributed by atoms with Crippen LogP contribution in [0.15, 0.2) is 80.0 Å². The number of hydrogen-bond donors (Lipinski definition) is 3. The summed E-state index contributed by atoms with van der Waals surface area (Å²) in [7, 11) is 0. The first-order valence-corrected chi connectivity index (χ1v) is 13.2. The Hall–Kier alpha value is -4.56. The molecule has 6 aromatic heterocycles. The van der Waals surface area contributed by atoms with Crippen LogP contribution in [0.3, 0.4) is 0 Å². The number of aromatic amines is 2. The molecule has 8 heteroatoms. The van der Waals surface area contributed by atoms with Gasteiger partial charge in [0.15, 0.2) is 0 Å². The maximum Gasteiger partial charge on any atom is 0.135 e. The van der Waals surface area contributed by atoms with E-state index in [4.69, 9.17) is 4.98 Å². The summed E-state index contributed by atoms with van der Waals surface area (Å²) in [6.45, 7) is 14.4. The fourth-order valence-electron chi connectivity index (χ4n) is 4.31. The van der Waals surface area contributed by atoms with Crippen LogP contribution in [0.25, 0.3) is 60.6 Å². The van der Waals surface area contributed by atoms with Gasteiger partial charge in [0, 0.05) is 44.4 Å². The van der Waals surface area contributed by atoms with E-state index in [0.29, 0.717) is 5.92 Å². The molecule has 0 aliphatic rings. The monoisotopic (exact) mass is 517 g/mol. The number of hydrogen-bond acceptors (Lipinski definition) is 6. The molecule has 0 unspecified atom stereocenters. The van der Waals surface area contributed by atoms with Crippen molar-refractivity contribution in [3.05, 3.63) is 84.9 Å². The second-order valence-corrected chi connectivity index (χ2v) is 10.8. The standard InChI is InChI=1S/C30H27N7S/c1-16(2)18(5)33-20-10-19(12-31-13-20)23-6-7-24-29(35-23)30(37-36-24)25-11-21-22(14-32-15-26(21)34-25)28-9-8-27(38-28)17(3)4/h6-16,33-34H,3,5H2,1-2,4H3,(H,36,37). The summed E-state index contributed by atoms with van der Waals surface area (Å²) in [5, 5.41) is 12.2. The van der Waals surface area contributed by atoms with Crippen molar-refractivity contribution in [2.75, 3.05) is 5.32 Å². The van der Waals surface area contributed by atoms with Crippen LogP contribution in [0.4, 0.5) is 5.69 Å². The van der Waals surface area contributed by atoms with Crippen LogP contribution in [-0.4, -0.2) is 30.1 Å². The molecule has 0 aliphatic carbocycles. The van der Waals surface area contributed by atoms with Crippen molar-refractivity contribution < 1.29 is 0 Å². The average molecular weight is 518 g/mol. The molecule has 0 bridgehead atoms. The maximum absolute atomic E-state index is 4.98. The van der Waals surface area contributed by atoms with Crippen molar-refractivity contribution >= 4 is 44.5 Å². The molecule has 7 nitrogen and oxygen atoms in total. The first-order chi connectivity index (χ1) is 18.4. The molecule has 0 radical (unpaired) electrons. The highest BCUT2D eigenvalue weighted by molar-refractivity contribution is 7.16. The zero-order chi connectivity index (χ0) is 26.4. The number of rotatable bonds is 7. The lowest BCUT2D eigenvalue weighted by molar-refractivity contribution is 0.778. The Bertz CT molecular complexity index is 1840. The van der Waals surface area contributed by atoms with E-state index < -0.39 is 0 Å². The van der Waals surface area contributed by atoms with Crippen molar-refractivity contribution in [3.63, 3.8) is 0 Å². The van der Waals surface area contributed by atoms with Crippen LogP contribution in [0.5, 0.6) is 0 Å². The molecule has 6 aromatic rings. The molecule has 0 aliphatic heterocycles. The third-order valence-electron chi connectivity index (χ3n) is 6.54. The van der Waals surface area contributed by atoms with E-state index in [1.54, 1.807) is 17.5 Å². The number of allylic oxidation sites excluding steroid dienone is 2. The largest absolute Gasteiger partial charge is 0.358 e. The Morgan fingerprint density at radius 2 is 1.82 bits per heavy atom. The molecule has 0 aromatic carbocycles. The van der Waals surface area contributed by atoms with Crippen LogP contribution in [0.1, 0.15) is 25.6 Å². The van der Waals surface area contributed by atoms with Gasteiger partial charge in [-0.3, -0.25) is 15.1 Å². The molecule has 3 N–H and O–H groups in total. The van der Waals surface area contributed by atoms with Gasteiger partial charge < -0.3 is 10.3 Å². The first kappa shape index (κ1) is 23.8. The van der Waals surface area contributed by atoms with Crippen molar-refractivity contribution in [1.82, 2.24) is 30.1 Å². The third-order valence-corrected chi connectivity index (χ3v) is 7.82. The van der Waals surface area contributed by atoms with E-state index in [2.05, 4.69) is 75.7 Å². The highest BCUT2D eigenvalue weighted by Gasteiger charge is 2.17. The topological polar surface area (TPSA) is 95.2 Å². The predicted octanol–water partition coefficient (Wildman–Crippen LogP) is 7.91. The van der Waals surface area contributed by atoms with Crippen LogP contribution in [0.2, 0.25) is 0 Å². The van der Waals surface area contributed by atoms with Crippen LogP contribution >= 0.6 is 11.3 Å². The summed E-state index contributed by atoms with van der Waals surface area (Å²) in [5.41, 5.74) is 9.92. The minimum absolute atomic E-state index is 0.321. The molecular formula is C30H27N7S. The Balaban J connectivity index is 1.40. The van der Waals surface area contributed by atoms with E-state index in [0.717, 1.165) is 72.0 Å². The highest BCUT2D eigenvalue weighted by atomic mass is 32.1. The lowest BCUT2D eigenvalue weighted by Crippen LogP contribution is -2.04. The summed E-state index contributed by atoms with van der Waals surface area (Å²) in [6.07, 6.45) is 7.37. The number of anilines is 1. The molecule has 0 saturated carbocycles. The smallest absolute Gasteiger partial charge is 0.135 e. The lowest BCUT2D eigenvalue weighted by atomic mass is 10.1. The summed E-state index contributed by atoms with van der Waals surface area (Å²) in [6, 6.07) is 12.4. The first-order valence-electron chi connectivity index (χ1n) is 12.4. The van der Waals surface area contributed by atoms with Crippen molar-refractivity contribution in [2.24, 2.45) is 5.92 Å². The molecule has 0 fully saturated rings. The number of pyridine rings is 3. The van der Waals surface area contributed by atoms with Gasteiger partial charge in [-0.25, -0.2) is 4.98 Å². The molecule has 38 heavy (non-hydrogen) atoms. The molecule has 0 spiro atoms. The van der Waals surface area contributed by atoms with Gasteiger partial charge in [0.1, 0.15) is 11.2 Å². The molecule has 188 valence electrons. The number of nitrogens with zero attached hydrogens (tertiary/aromatic N) is 4. The van der Waals surface area contributed by atoms with E-state index in [9.17, 15) is 0 Å². The zero-order valence-corrected chi connectivity index (χ0v) is 22.3. The number of aromatic nitrogens is 6. The van der Waals surface area contributed by atoms with Gasteiger partial charge >= 0.3 is 0 Å². The van der Waals surface area contributed by atoms with Gasteiger partial charge in [-0.2, -0.15) is 5.10 Å². The number of thiophene rings is 1. The second kappa shape index (κ2) is 9.39. The van der Waals surface area contributed by atoms with Crippen molar-refractivity contribution in [1.29, 1.82) is 0 Å². The molecule has 6 heterocycles. The van der Waals surface area contributed by atoms with Gasteiger partial charge in [0.25, 0.3) is 0 Å². The van der Waals surface area contributed by atoms with E-state index in [1.807, 2.05) is 43.7 Å². The quantitative estimate of drug-likeness (QED) is 0.200. The number of fused-ring (bicyclic) bond motifs is 2. The lowest BCUT2D eigenvalue weighted by Gasteiger charge is -2.13. The van der Waals surface area contributed by atoms with E-state index >= 15 is 0 Å². The van der Waals surface area contributed by atoms with Gasteiger partial charge in [0.05, 0.1) is 40.5 Å². The highest BCUT2D eigenvalue weighted by Crippen LogP contribution is 2.37. The van der Waals surface area contributed by atoms with Crippen LogP contribution < -0.4 is 5.32 Å². The molecule has 0 amide bonds. The van der Waals surface area contributed by atoms with Gasteiger partial charge in [-0.05, 0) is 54.8 Å². The normalized spacial score (nSPS) is 11.5. The molecule has 0 saturated heterocycles. The minimum atomic E-state index is 0.321. The maximum atomic E-state index is 4.98. The Morgan fingerprint density at radius 1 is 0.974 bits per heavy atom. The summed E-state index contributed by atoms with van der Waals surface area (Å²) in [5.74, 6) is 0.321. The Labute approximate surface area is 224 Å². The Morgan fingerprint density at radius 3 is 2.61 bits per heavy atom. The van der Waals surface area contributed by atoms with Crippen molar-refractivity contribution in [2.45, 2.75) is 20.8 Å². The van der Waals surface area contributed by atoms with E-state index in [1.165, 1.54) is 4.88 Å². The fourth-order valence-corrected chi connectivity index (χ4v) is 5.27. The van der Waals surface area contributed by atoms with Gasteiger partial charge in [-0.15, -0.1) is 11.3 Å². The summed E-state index contributed by atoms with van der Waals surface area (Å²) >= 11 is 1.72. The van der Waals surface area contributed by atoms with E-state index in [-0.39, 0.29) is 0 Å². The summed E-state index contributed by atoms with van der Waals surface area (Å²) in [4.78, 5) is 19.7. The van der Waals surface area contributed by atoms with Crippen molar-refractivity contribution in [3.8, 4) is 33.1 Å². The SMILES string of the molecule is C=C(C)c1ccc(-c2cncc3[nH]c(-c4n[nH]c5ccc(-c6cncc(NC(=C)C(C)C)c6)nc45)cc23)s1. The zero-order valence-electron chi connectivity index (χ0n) is 21.5. The number of H-pyrrole nitrogens is 2. The van der Waals surface area contributed by atoms with Gasteiger partial charge in [0.2, 0.25) is 0 Å². The van der Waals surface area contributed by atoms with Gasteiger partial charge in [-0.1, -0.05) is 27.0 Å². The van der Waals surface area contributed by atoms with Crippen LogP contribution in [-0.2, 0) is 0 Å². The predicted molar refractivity (Wildman–Crippen MR) is 158 cm³/mol. The average Bonchev–Trinajstić information content (AvgIpc) is 3.66. The summed E-state index contributed by atoms with van der Waals surface area (Å²) < 4.78 is 0. The molecule has 0 atom stereocenters. The number of nitrogens with one attached hydrogen (secondary N) is 3. The fraction of sp³-hybridized carbons (Fsp3) is 0.133. The minimum Gasteiger partial charge on any atom is -0.358 e. The molecular weight excluding hydrogens is 490 g/mol. The third kappa shape index (κ3) is 4.29.